The van der Waals surface area contributed by atoms with Crippen molar-refractivity contribution in [2.75, 3.05) is 13.1 Å². The predicted molar refractivity (Wildman–Crippen MR) is 107 cm³/mol. The molecule has 2 heterocycles. The molecule has 1 aliphatic rings. The molecule has 0 saturated carbocycles. The van der Waals surface area contributed by atoms with E-state index in [1.54, 1.807) is 24.3 Å². The fourth-order valence-electron chi connectivity index (χ4n) is 3.50. The first-order chi connectivity index (χ1) is 12.9. The molecule has 1 fully saturated rings. The number of hydrogen-bond acceptors (Lipinski definition) is 5. The van der Waals surface area contributed by atoms with E-state index in [1.807, 2.05) is 20.8 Å². The van der Waals surface area contributed by atoms with Crippen molar-refractivity contribution in [2.45, 2.75) is 62.7 Å². The third-order valence-electron chi connectivity index (χ3n) is 5.09. The van der Waals surface area contributed by atoms with Crippen LogP contribution in [0.25, 0.3) is 0 Å². The molecule has 1 aliphatic heterocycles. The van der Waals surface area contributed by atoms with Gasteiger partial charge in [0.15, 0.2) is 0 Å². The quantitative estimate of drug-likeness (QED) is 0.751. The van der Waals surface area contributed by atoms with Crippen molar-refractivity contribution < 1.29 is 16.8 Å². The van der Waals surface area contributed by atoms with Crippen LogP contribution in [-0.2, 0) is 25.5 Å². The molecule has 0 spiro atoms. The fourth-order valence-corrected chi connectivity index (χ4v) is 6.79. The van der Waals surface area contributed by atoms with Crippen molar-refractivity contribution in [3.8, 4) is 0 Å². The average Bonchev–Trinajstić information content (AvgIpc) is 3.23. The van der Waals surface area contributed by atoms with Crippen LogP contribution < -0.4 is 0 Å². The molecule has 0 radical (unpaired) electrons. The molecule has 0 amide bonds. The van der Waals surface area contributed by atoms with Gasteiger partial charge in [-0.1, -0.05) is 32.9 Å². The van der Waals surface area contributed by atoms with Crippen molar-refractivity contribution in [2.24, 2.45) is 0 Å². The van der Waals surface area contributed by atoms with Gasteiger partial charge in [0.1, 0.15) is 4.90 Å². The Hall–Kier alpha value is -1.71. The molecule has 2 aromatic rings. The summed E-state index contributed by atoms with van der Waals surface area (Å²) in [7, 11) is -7.76. The minimum absolute atomic E-state index is 0.00992. The van der Waals surface area contributed by atoms with Gasteiger partial charge in [-0.15, -0.1) is 0 Å². The molecule has 3 rings (SSSR count). The summed E-state index contributed by atoms with van der Waals surface area (Å²) < 4.78 is 54.5. The van der Waals surface area contributed by atoms with E-state index >= 15 is 0 Å². The molecule has 7 nitrogen and oxygen atoms in total. The zero-order valence-electron chi connectivity index (χ0n) is 16.9. The molecule has 28 heavy (non-hydrogen) atoms. The molecule has 154 valence electrons. The van der Waals surface area contributed by atoms with Crippen LogP contribution in [0.5, 0.6) is 0 Å². The second-order valence-electron chi connectivity index (χ2n) is 8.23. The molecule has 0 atom stereocenters. The molecule has 0 N–H and O–H groups in total. The Labute approximate surface area is 167 Å². The highest BCUT2D eigenvalue weighted by Crippen LogP contribution is 2.29. The van der Waals surface area contributed by atoms with Gasteiger partial charge in [-0.3, -0.25) is 0 Å². The van der Waals surface area contributed by atoms with Gasteiger partial charge >= 0.3 is 0 Å². The average molecular weight is 426 g/mol. The number of aromatic nitrogens is 2. The lowest BCUT2D eigenvalue weighted by molar-refractivity contribution is 0.476. The van der Waals surface area contributed by atoms with E-state index in [0.717, 1.165) is 22.5 Å². The van der Waals surface area contributed by atoms with E-state index in [2.05, 4.69) is 5.10 Å². The fraction of sp³-hybridized carbons (Fsp3) is 0.526. The molecular formula is C19H27N3O4S2. The van der Waals surface area contributed by atoms with E-state index in [4.69, 9.17) is 0 Å². The minimum atomic E-state index is -3.99. The minimum Gasteiger partial charge on any atom is -0.207 e. The first-order valence-corrected chi connectivity index (χ1v) is 12.2. The Bertz CT molecular complexity index is 1090. The van der Waals surface area contributed by atoms with Crippen molar-refractivity contribution >= 4 is 20.0 Å². The largest absolute Gasteiger partial charge is 0.283 e. The Morgan fingerprint density at radius 3 is 1.93 bits per heavy atom. The molecule has 0 aliphatic carbocycles. The summed E-state index contributed by atoms with van der Waals surface area (Å²) >= 11 is 0. The maximum absolute atomic E-state index is 13.1. The molecule has 0 bridgehead atoms. The molecular weight excluding hydrogens is 398 g/mol. The maximum Gasteiger partial charge on any atom is 0.283 e. The smallest absolute Gasteiger partial charge is 0.207 e. The van der Waals surface area contributed by atoms with Gasteiger partial charge in [0.25, 0.3) is 10.0 Å². The maximum atomic E-state index is 13.1. The lowest BCUT2D eigenvalue weighted by atomic mass is 9.87. The number of rotatable bonds is 4. The second-order valence-corrected chi connectivity index (χ2v) is 11.9. The lowest BCUT2D eigenvalue weighted by Gasteiger charge is -2.19. The third kappa shape index (κ3) is 3.51. The van der Waals surface area contributed by atoms with Gasteiger partial charge in [-0.2, -0.15) is 21.9 Å². The number of nitrogens with zero attached hydrogens (tertiary/aromatic N) is 3. The summed E-state index contributed by atoms with van der Waals surface area (Å²) in [5.74, 6) is 0. The predicted octanol–water partition coefficient (Wildman–Crippen LogP) is 2.82. The van der Waals surface area contributed by atoms with Crippen LogP contribution in [0.15, 0.2) is 34.1 Å². The standard InChI is InChI=1S/C19H27N3O4S2/c1-14-18(28(25,26)21-12-6-7-13-21)15(2)22(20-14)27(23,24)17-10-8-16(9-11-17)19(3,4)5/h8-11H,6-7,12-13H2,1-5H3. The van der Waals surface area contributed by atoms with Gasteiger partial charge < -0.3 is 0 Å². The van der Waals surface area contributed by atoms with Crippen LogP contribution >= 0.6 is 0 Å². The van der Waals surface area contributed by atoms with E-state index in [9.17, 15) is 16.8 Å². The van der Waals surface area contributed by atoms with E-state index in [0.29, 0.717) is 13.1 Å². The number of hydrogen-bond donors (Lipinski definition) is 0. The van der Waals surface area contributed by atoms with Gasteiger partial charge in [-0.05, 0) is 49.8 Å². The Kier molecular flexibility index (Phi) is 5.23. The second kappa shape index (κ2) is 6.96. The van der Waals surface area contributed by atoms with Crippen LogP contribution in [0, 0.1) is 13.8 Å². The summed E-state index contributed by atoms with van der Waals surface area (Å²) in [4.78, 5) is 0.0699. The van der Waals surface area contributed by atoms with Gasteiger partial charge in [-0.25, -0.2) is 8.42 Å². The first-order valence-electron chi connectivity index (χ1n) is 9.29. The van der Waals surface area contributed by atoms with Crippen LogP contribution in [0.3, 0.4) is 0 Å². The number of aryl methyl sites for hydroxylation is 1. The highest BCUT2D eigenvalue weighted by Gasteiger charge is 2.35. The Balaban J connectivity index is 2.07. The molecule has 1 saturated heterocycles. The zero-order valence-corrected chi connectivity index (χ0v) is 18.6. The van der Waals surface area contributed by atoms with Crippen LogP contribution in [0.1, 0.15) is 50.6 Å². The summed E-state index contributed by atoms with van der Waals surface area (Å²) in [5.41, 5.74) is 1.22. The van der Waals surface area contributed by atoms with E-state index in [-0.39, 0.29) is 26.6 Å². The third-order valence-corrected chi connectivity index (χ3v) is 8.92. The van der Waals surface area contributed by atoms with Crippen molar-refractivity contribution in [3.63, 3.8) is 0 Å². The lowest BCUT2D eigenvalue weighted by Crippen LogP contribution is -2.29. The van der Waals surface area contributed by atoms with E-state index in [1.165, 1.54) is 18.2 Å². The number of benzene rings is 1. The van der Waals surface area contributed by atoms with Gasteiger partial charge in [0.2, 0.25) is 10.0 Å². The SMILES string of the molecule is Cc1nn(S(=O)(=O)c2ccc(C(C)(C)C)cc2)c(C)c1S(=O)(=O)N1CCCC1. The van der Waals surface area contributed by atoms with Gasteiger partial charge in [0.05, 0.1) is 16.3 Å². The van der Waals surface area contributed by atoms with Crippen LogP contribution in [0.4, 0.5) is 0 Å². The summed E-state index contributed by atoms with van der Waals surface area (Å²) in [6.45, 7) is 10.1. The molecule has 1 aromatic carbocycles. The summed E-state index contributed by atoms with van der Waals surface area (Å²) in [6.07, 6.45) is 1.62. The molecule has 9 heteroatoms. The molecule has 0 unspecified atom stereocenters. The Morgan fingerprint density at radius 2 is 1.43 bits per heavy atom. The summed E-state index contributed by atoms with van der Waals surface area (Å²) in [6, 6.07) is 6.64. The van der Waals surface area contributed by atoms with Crippen LogP contribution in [-0.4, -0.2) is 43.4 Å². The zero-order chi connectivity index (χ0) is 20.9. The van der Waals surface area contributed by atoms with E-state index < -0.39 is 20.0 Å². The van der Waals surface area contributed by atoms with Gasteiger partial charge in [0, 0.05) is 13.1 Å². The topological polar surface area (TPSA) is 89.3 Å². The van der Waals surface area contributed by atoms with Crippen molar-refractivity contribution in [1.29, 1.82) is 0 Å². The number of sulfonamides is 1. The monoisotopic (exact) mass is 425 g/mol. The molecule has 1 aromatic heterocycles. The highest BCUT2D eigenvalue weighted by atomic mass is 32.2. The summed E-state index contributed by atoms with van der Waals surface area (Å²) in [5, 5.41) is 4.09. The highest BCUT2D eigenvalue weighted by molar-refractivity contribution is 7.90. The van der Waals surface area contributed by atoms with Crippen molar-refractivity contribution in [1.82, 2.24) is 13.5 Å². The Morgan fingerprint density at radius 1 is 0.893 bits per heavy atom. The van der Waals surface area contributed by atoms with Crippen molar-refractivity contribution in [3.05, 3.63) is 41.2 Å². The normalized spacial score (nSPS) is 16.6. The van der Waals surface area contributed by atoms with Crippen LogP contribution in [0.2, 0.25) is 0 Å². The first kappa shape index (κ1) is 21.0.